The van der Waals surface area contributed by atoms with E-state index in [2.05, 4.69) is 15.6 Å². The van der Waals surface area contributed by atoms with E-state index in [0.717, 1.165) is 18.7 Å². The molecule has 1 fully saturated rings. The summed E-state index contributed by atoms with van der Waals surface area (Å²) in [6.45, 7) is 5.00. The number of anilines is 2. The third kappa shape index (κ3) is 4.84. The van der Waals surface area contributed by atoms with Gasteiger partial charge in [-0.15, -0.1) is 0 Å². The fraction of sp³-hybridized carbons (Fsp3) is 0.588. The van der Waals surface area contributed by atoms with Crippen molar-refractivity contribution in [3.8, 4) is 0 Å². The highest BCUT2D eigenvalue weighted by Crippen LogP contribution is 2.19. The summed E-state index contributed by atoms with van der Waals surface area (Å²) < 4.78 is 0. The molecule has 1 atom stereocenters. The van der Waals surface area contributed by atoms with Crippen molar-refractivity contribution in [2.45, 2.75) is 32.7 Å². The van der Waals surface area contributed by atoms with Crippen LogP contribution in [-0.4, -0.2) is 55.0 Å². The Balaban J connectivity index is 1.92. The molecule has 1 aromatic heterocycles. The largest absolute Gasteiger partial charge is 0.363 e. The lowest BCUT2D eigenvalue weighted by atomic mass is 9.97. The van der Waals surface area contributed by atoms with Crippen LogP contribution in [0.4, 0.5) is 16.3 Å². The molecule has 0 radical (unpaired) electrons. The Labute approximate surface area is 143 Å². The molecule has 24 heavy (non-hydrogen) atoms. The SMILES string of the molecule is CC(C)NC(=O)N1CCC[C@@H](C(=O)Nc2ccc(N(C)C)nc2)C1. The fourth-order valence-corrected chi connectivity index (χ4v) is 2.68. The van der Waals surface area contributed by atoms with Crippen molar-refractivity contribution in [2.24, 2.45) is 5.92 Å². The average molecular weight is 333 g/mol. The number of amides is 3. The van der Waals surface area contributed by atoms with Crippen molar-refractivity contribution in [1.82, 2.24) is 15.2 Å². The summed E-state index contributed by atoms with van der Waals surface area (Å²) in [5.74, 6) is 0.587. The molecule has 2 rings (SSSR count). The summed E-state index contributed by atoms with van der Waals surface area (Å²) in [6, 6.07) is 3.69. The molecule has 0 spiro atoms. The van der Waals surface area contributed by atoms with Gasteiger partial charge >= 0.3 is 6.03 Å². The Morgan fingerprint density at radius 2 is 2.08 bits per heavy atom. The zero-order valence-electron chi connectivity index (χ0n) is 14.9. The molecule has 7 heteroatoms. The van der Waals surface area contributed by atoms with Gasteiger partial charge in [-0.1, -0.05) is 0 Å². The van der Waals surface area contributed by atoms with Crippen LogP contribution < -0.4 is 15.5 Å². The highest BCUT2D eigenvalue weighted by atomic mass is 16.2. The lowest BCUT2D eigenvalue weighted by molar-refractivity contribution is -0.121. The van der Waals surface area contributed by atoms with Gasteiger partial charge in [0.05, 0.1) is 17.8 Å². The Kier molecular flexibility index (Phi) is 6.00. The summed E-state index contributed by atoms with van der Waals surface area (Å²) in [6.07, 6.45) is 3.28. The second-order valence-electron chi connectivity index (χ2n) is 6.68. The van der Waals surface area contributed by atoms with E-state index in [9.17, 15) is 9.59 Å². The van der Waals surface area contributed by atoms with Gasteiger partial charge in [-0.2, -0.15) is 0 Å². The number of piperidine rings is 1. The number of pyridine rings is 1. The molecule has 1 saturated heterocycles. The first-order valence-electron chi connectivity index (χ1n) is 8.36. The first-order valence-corrected chi connectivity index (χ1v) is 8.36. The van der Waals surface area contributed by atoms with E-state index in [1.807, 2.05) is 45.0 Å². The maximum atomic E-state index is 12.5. The number of urea groups is 1. The van der Waals surface area contributed by atoms with Gasteiger partial charge in [0.15, 0.2) is 0 Å². The summed E-state index contributed by atoms with van der Waals surface area (Å²) >= 11 is 0. The Hall–Kier alpha value is -2.31. The van der Waals surface area contributed by atoms with E-state index in [1.54, 1.807) is 11.1 Å². The Bertz CT molecular complexity index is 571. The molecule has 0 unspecified atom stereocenters. The van der Waals surface area contributed by atoms with Gasteiger partial charge in [0, 0.05) is 33.2 Å². The number of aromatic nitrogens is 1. The van der Waals surface area contributed by atoms with E-state index < -0.39 is 0 Å². The molecule has 1 aliphatic heterocycles. The van der Waals surface area contributed by atoms with Gasteiger partial charge in [0.25, 0.3) is 0 Å². The number of likely N-dealkylation sites (tertiary alicyclic amines) is 1. The number of rotatable bonds is 4. The summed E-state index contributed by atoms with van der Waals surface area (Å²) in [4.78, 5) is 32.5. The summed E-state index contributed by atoms with van der Waals surface area (Å²) in [7, 11) is 3.83. The number of carbonyl (C=O) groups is 2. The van der Waals surface area contributed by atoms with Crippen LogP contribution in [0.5, 0.6) is 0 Å². The number of hydrogen-bond donors (Lipinski definition) is 2. The van der Waals surface area contributed by atoms with Gasteiger partial charge in [-0.25, -0.2) is 9.78 Å². The zero-order chi connectivity index (χ0) is 17.7. The van der Waals surface area contributed by atoms with Crippen molar-refractivity contribution >= 4 is 23.4 Å². The fourth-order valence-electron chi connectivity index (χ4n) is 2.68. The van der Waals surface area contributed by atoms with Crippen LogP contribution in [0.2, 0.25) is 0 Å². The van der Waals surface area contributed by atoms with Crippen LogP contribution in [0.25, 0.3) is 0 Å². The lowest BCUT2D eigenvalue weighted by Crippen LogP contribution is -2.49. The molecular weight excluding hydrogens is 306 g/mol. The minimum atomic E-state index is -0.190. The Morgan fingerprint density at radius 3 is 2.67 bits per heavy atom. The van der Waals surface area contributed by atoms with Gasteiger partial charge < -0.3 is 20.4 Å². The topological polar surface area (TPSA) is 77.6 Å². The quantitative estimate of drug-likeness (QED) is 0.882. The molecule has 3 amide bonds. The third-order valence-corrected chi connectivity index (χ3v) is 3.97. The van der Waals surface area contributed by atoms with Crippen molar-refractivity contribution in [3.63, 3.8) is 0 Å². The van der Waals surface area contributed by atoms with E-state index in [0.29, 0.717) is 18.8 Å². The molecule has 0 aliphatic carbocycles. The second kappa shape index (κ2) is 7.99. The smallest absolute Gasteiger partial charge is 0.317 e. The normalized spacial score (nSPS) is 17.5. The number of nitrogens with one attached hydrogen (secondary N) is 2. The maximum absolute atomic E-state index is 12.5. The second-order valence-corrected chi connectivity index (χ2v) is 6.68. The molecule has 132 valence electrons. The first-order chi connectivity index (χ1) is 11.4. The van der Waals surface area contributed by atoms with Crippen LogP contribution in [0.1, 0.15) is 26.7 Å². The van der Waals surface area contributed by atoms with Crippen LogP contribution in [0.3, 0.4) is 0 Å². The third-order valence-electron chi connectivity index (χ3n) is 3.97. The number of carbonyl (C=O) groups excluding carboxylic acids is 2. The van der Waals surface area contributed by atoms with Crippen molar-refractivity contribution < 1.29 is 9.59 Å². The van der Waals surface area contributed by atoms with Crippen LogP contribution in [0.15, 0.2) is 18.3 Å². The van der Waals surface area contributed by atoms with Crippen molar-refractivity contribution in [1.29, 1.82) is 0 Å². The van der Waals surface area contributed by atoms with Crippen LogP contribution in [-0.2, 0) is 4.79 Å². The minimum Gasteiger partial charge on any atom is -0.363 e. The minimum absolute atomic E-state index is 0.0588. The van der Waals surface area contributed by atoms with Crippen LogP contribution in [0, 0.1) is 5.92 Å². The maximum Gasteiger partial charge on any atom is 0.317 e. The summed E-state index contributed by atoms with van der Waals surface area (Å²) in [5, 5.41) is 5.78. The lowest BCUT2D eigenvalue weighted by Gasteiger charge is -2.32. The van der Waals surface area contributed by atoms with Gasteiger partial charge in [0.2, 0.25) is 5.91 Å². The monoisotopic (exact) mass is 333 g/mol. The van der Waals surface area contributed by atoms with E-state index in [1.165, 1.54) is 0 Å². The van der Waals surface area contributed by atoms with E-state index in [4.69, 9.17) is 0 Å². The van der Waals surface area contributed by atoms with Crippen LogP contribution >= 0.6 is 0 Å². The standard InChI is InChI=1S/C17H27N5O2/c1-12(2)19-17(24)22-9-5-6-13(11-22)16(23)20-14-7-8-15(18-10-14)21(3)4/h7-8,10,12-13H,5-6,9,11H2,1-4H3,(H,19,24)(H,20,23)/t13-/m1/s1. The highest BCUT2D eigenvalue weighted by molar-refractivity contribution is 5.93. The Morgan fingerprint density at radius 1 is 1.33 bits per heavy atom. The zero-order valence-corrected chi connectivity index (χ0v) is 14.9. The van der Waals surface area contributed by atoms with Gasteiger partial charge in [0.1, 0.15) is 5.82 Å². The molecule has 2 heterocycles. The first kappa shape index (κ1) is 18.0. The van der Waals surface area contributed by atoms with Gasteiger partial charge in [-0.05, 0) is 38.8 Å². The van der Waals surface area contributed by atoms with Crippen molar-refractivity contribution in [2.75, 3.05) is 37.4 Å². The molecule has 2 N–H and O–H groups in total. The van der Waals surface area contributed by atoms with Crippen molar-refractivity contribution in [3.05, 3.63) is 18.3 Å². The predicted molar refractivity (Wildman–Crippen MR) is 95.2 cm³/mol. The molecule has 7 nitrogen and oxygen atoms in total. The highest BCUT2D eigenvalue weighted by Gasteiger charge is 2.28. The number of hydrogen-bond acceptors (Lipinski definition) is 4. The molecule has 0 saturated carbocycles. The molecular formula is C17H27N5O2. The summed E-state index contributed by atoms with van der Waals surface area (Å²) in [5.41, 5.74) is 0.675. The van der Waals surface area contributed by atoms with Gasteiger partial charge in [-0.3, -0.25) is 4.79 Å². The molecule has 1 aliphatic rings. The molecule has 0 bridgehead atoms. The predicted octanol–water partition coefficient (Wildman–Crippen LogP) is 1.92. The molecule has 0 aromatic carbocycles. The van der Waals surface area contributed by atoms with E-state index >= 15 is 0 Å². The number of nitrogens with zero attached hydrogens (tertiary/aromatic N) is 3. The van der Waals surface area contributed by atoms with E-state index in [-0.39, 0.29) is 23.9 Å². The average Bonchev–Trinajstić information content (AvgIpc) is 2.54. The molecule has 1 aromatic rings.